The zero-order valence-corrected chi connectivity index (χ0v) is 10.3. The van der Waals surface area contributed by atoms with Gasteiger partial charge in [-0.05, 0) is 18.2 Å². The minimum absolute atomic E-state index is 0.257. The molecular formula is C11H9BrN4O. The molecule has 0 spiro atoms. The maximum atomic E-state index is 11.9. The molecule has 1 amide bonds. The highest BCUT2D eigenvalue weighted by molar-refractivity contribution is 9.10. The zero-order chi connectivity index (χ0) is 12.3. The summed E-state index contributed by atoms with van der Waals surface area (Å²) in [6.07, 6.45) is 4.44. The fraction of sp³-hybridized carbons (Fsp3) is 0. The van der Waals surface area contributed by atoms with Crippen molar-refractivity contribution >= 4 is 33.2 Å². The topological polar surface area (TPSA) is 80.9 Å². The molecule has 86 valence electrons. The van der Waals surface area contributed by atoms with Crippen molar-refractivity contribution < 1.29 is 4.79 Å². The Morgan fingerprint density at radius 3 is 2.59 bits per heavy atom. The van der Waals surface area contributed by atoms with Gasteiger partial charge in [-0.15, -0.1) is 0 Å². The lowest BCUT2D eigenvalue weighted by Crippen LogP contribution is -2.12. The molecule has 2 aromatic rings. The molecule has 0 fully saturated rings. The third-order valence-electron chi connectivity index (χ3n) is 2.00. The van der Waals surface area contributed by atoms with Gasteiger partial charge < -0.3 is 11.1 Å². The molecule has 3 N–H and O–H groups in total. The van der Waals surface area contributed by atoms with E-state index in [0.717, 1.165) is 4.47 Å². The Labute approximate surface area is 106 Å². The van der Waals surface area contributed by atoms with E-state index < -0.39 is 0 Å². The van der Waals surface area contributed by atoms with Gasteiger partial charge in [-0.1, -0.05) is 15.9 Å². The van der Waals surface area contributed by atoms with Crippen LogP contribution in [0.2, 0.25) is 0 Å². The van der Waals surface area contributed by atoms with Crippen molar-refractivity contribution in [2.45, 2.75) is 0 Å². The number of nitrogen functional groups attached to an aromatic ring is 1. The molecule has 0 saturated carbocycles. The lowest BCUT2D eigenvalue weighted by Gasteiger charge is -2.05. The maximum Gasteiger partial charge on any atom is 0.255 e. The molecule has 1 heterocycles. The Kier molecular flexibility index (Phi) is 3.34. The number of hydrogen-bond donors (Lipinski definition) is 2. The highest BCUT2D eigenvalue weighted by Gasteiger charge is 2.07. The quantitative estimate of drug-likeness (QED) is 0.831. The summed E-state index contributed by atoms with van der Waals surface area (Å²) in [6, 6.07) is 5.02. The predicted molar refractivity (Wildman–Crippen MR) is 68.5 cm³/mol. The monoisotopic (exact) mass is 292 g/mol. The molecule has 6 heteroatoms. The van der Waals surface area contributed by atoms with E-state index in [1.165, 1.54) is 18.7 Å². The lowest BCUT2D eigenvalue weighted by molar-refractivity contribution is 0.102. The van der Waals surface area contributed by atoms with E-state index in [1.807, 2.05) is 0 Å². The Bertz CT molecular complexity index is 524. The summed E-state index contributed by atoms with van der Waals surface area (Å²) in [5.41, 5.74) is 7.19. The van der Waals surface area contributed by atoms with Crippen LogP contribution in [0.5, 0.6) is 0 Å². The summed E-state index contributed by atoms with van der Waals surface area (Å²) in [5, 5.41) is 2.67. The molecule has 0 aliphatic rings. The molecule has 17 heavy (non-hydrogen) atoms. The van der Waals surface area contributed by atoms with E-state index in [4.69, 9.17) is 5.73 Å². The number of nitrogens with one attached hydrogen (secondary N) is 1. The molecule has 0 aliphatic heterocycles. The van der Waals surface area contributed by atoms with Gasteiger partial charge in [0.2, 0.25) is 0 Å². The molecule has 5 nitrogen and oxygen atoms in total. The number of rotatable bonds is 2. The summed E-state index contributed by atoms with van der Waals surface area (Å²) < 4.78 is 0.756. The van der Waals surface area contributed by atoms with Crippen LogP contribution in [0.4, 0.5) is 11.4 Å². The predicted octanol–water partition coefficient (Wildman–Crippen LogP) is 2.07. The number of nitrogens with zero attached hydrogens (tertiary/aromatic N) is 2. The SMILES string of the molecule is Nc1cc(Br)cc(C(=O)Nc2cncnc2)c1. The van der Waals surface area contributed by atoms with Crippen LogP contribution in [-0.4, -0.2) is 15.9 Å². The average molecular weight is 293 g/mol. The maximum absolute atomic E-state index is 11.9. The number of anilines is 2. The summed E-state index contributed by atoms with van der Waals surface area (Å²) >= 11 is 3.28. The minimum atomic E-state index is -0.257. The van der Waals surface area contributed by atoms with Crippen molar-refractivity contribution in [3.63, 3.8) is 0 Å². The van der Waals surface area contributed by atoms with Crippen LogP contribution in [-0.2, 0) is 0 Å². The Morgan fingerprint density at radius 1 is 1.24 bits per heavy atom. The number of halogens is 1. The second kappa shape index (κ2) is 4.92. The molecule has 0 radical (unpaired) electrons. The Hall–Kier alpha value is -1.95. The van der Waals surface area contributed by atoms with E-state index >= 15 is 0 Å². The first-order valence-corrected chi connectivity index (χ1v) is 5.57. The van der Waals surface area contributed by atoms with Crippen LogP contribution in [0.3, 0.4) is 0 Å². The third kappa shape index (κ3) is 3.01. The van der Waals surface area contributed by atoms with Crippen LogP contribution < -0.4 is 11.1 Å². The lowest BCUT2D eigenvalue weighted by atomic mass is 10.2. The van der Waals surface area contributed by atoms with Crippen LogP contribution in [0.1, 0.15) is 10.4 Å². The first kappa shape index (κ1) is 11.5. The van der Waals surface area contributed by atoms with Crippen molar-refractivity contribution in [2.24, 2.45) is 0 Å². The number of carbonyl (C=O) groups is 1. The number of aromatic nitrogens is 2. The summed E-state index contributed by atoms with van der Waals surface area (Å²) in [7, 11) is 0. The second-order valence-electron chi connectivity index (χ2n) is 3.35. The van der Waals surface area contributed by atoms with Crippen molar-refractivity contribution in [1.82, 2.24) is 9.97 Å². The molecule has 1 aromatic carbocycles. The van der Waals surface area contributed by atoms with Crippen LogP contribution >= 0.6 is 15.9 Å². The molecule has 0 atom stereocenters. The number of nitrogens with two attached hydrogens (primary N) is 1. The van der Waals surface area contributed by atoms with Gasteiger partial charge in [0.05, 0.1) is 18.1 Å². The molecule has 0 saturated heterocycles. The van der Waals surface area contributed by atoms with Crippen molar-refractivity contribution in [3.05, 3.63) is 47.0 Å². The van der Waals surface area contributed by atoms with Crippen LogP contribution in [0, 0.1) is 0 Å². The smallest absolute Gasteiger partial charge is 0.255 e. The number of carbonyl (C=O) groups excluding carboxylic acids is 1. The standard InChI is InChI=1S/C11H9BrN4O/c12-8-1-7(2-9(13)3-8)11(17)16-10-4-14-6-15-5-10/h1-6H,13H2,(H,16,17). The van der Waals surface area contributed by atoms with Crippen molar-refractivity contribution in [2.75, 3.05) is 11.1 Å². The fourth-order valence-electron chi connectivity index (χ4n) is 1.31. The van der Waals surface area contributed by atoms with Crippen molar-refractivity contribution in [3.8, 4) is 0 Å². The molecule has 0 bridgehead atoms. The van der Waals surface area contributed by atoms with Gasteiger partial charge in [0.15, 0.2) is 0 Å². The summed E-state index contributed by atoms with van der Waals surface area (Å²) in [6.45, 7) is 0. The summed E-state index contributed by atoms with van der Waals surface area (Å²) in [5.74, 6) is -0.257. The first-order valence-electron chi connectivity index (χ1n) is 4.77. The van der Waals surface area contributed by atoms with Gasteiger partial charge in [0.1, 0.15) is 6.33 Å². The highest BCUT2D eigenvalue weighted by atomic mass is 79.9. The van der Waals surface area contributed by atoms with Gasteiger partial charge in [-0.2, -0.15) is 0 Å². The van der Waals surface area contributed by atoms with Gasteiger partial charge in [0.25, 0.3) is 5.91 Å². The Morgan fingerprint density at radius 2 is 1.94 bits per heavy atom. The Balaban J connectivity index is 2.20. The van der Waals surface area contributed by atoms with Crippen molar-refractivity contribution in [1.29, 1.82) is 0 Å². The average Bonchev–Trinajstić information content (AvgIpc) is 2.29. The van der Waals surface area contributed by atoms with Gasteiger partial charge in [-0.25, -0.2) is 9.97 Å². The van der Waals surface area contributed by atoms with E-state index in [2.05, 4.69) is 31.2 Å². The molecule has 1 aromatic heterocycles. The summed E-state index contributed by atoms with van der Waals surface area (Å²) in [4.78, 5) is 19.5. The second-order valence-corrected chi connectivity index (χ2v) is 4.27. The highest BCUT2D eigenvalue weighted by Crippen LogP contribution is 2.18. The molecule has 0 aliphatic carbocycles. The largest absolute Gasteiger partial charge is 0.399 e. The number of amides is 1. The van der Waals surface area contributed by atoms with Gasteiger partial charge in [-0.3, -0.25) is 4.79 Å². The number of benzene rings is 1. The minimum Gasteiger partial charge on any atom is -0.399 e. The van der Waals surface area contributed by atoms with E-state index in [1.54, 1.807) is 18.2 Å². The first-order chi connectivity index (χ1) is 8.15. The number of hydrogen-bond acceptors (Lipinski definition) is 4. The van der Waals surface area contributed by atoms with E-state index in [-0.39, 0.29) is 5.91 Å². The van der Waals surface area contributed by atoms with Crippen LogP contribution in [0.25, 0.3) is 0 Å². The van der Waals surface area contributed by atoms with E-state index in [9.17, 15) is 4.79 Å². The fourth-order valence-corrected chi connectivity index (χ4v) is 1.82. The molecular weight excluding hydrogens is 284 g/mol. The normalized spacial score (nSPS) is 9.94. The van der Waals surface area contributed by atoms with Gasteiger partial charge in [0, 0.05) is 15.7 Å². The molecule has 2 rings (SSSR count). The third-order valence-corrected chi connectivity index (χ3v) is 2.46. The zero-order valence-electron chi connectivity index (χ0n) is 8.72. The van der Waals surface area contributed by atoms with Gasteiger partial charge >= 0.3 is 0 Å². The van der Waals surface area contributed by atoms with Crippen LogP contribution in [0.15, 0.2) is 41.4 Å². The van der Waals surface area contributed by atoms with E-state index in [0.29, 0.717) is 16.9 Å². The molecule has 0 unspecified atom stereocenters.